The summed E-state index contributed by atoms with van der Waals surface area (Å²) in [7, 11) is 3.65. The van der Waals surface area contributed by atoms with Crippen LogP contribution in [0.3, 0.4) is 0 Å². The number of aryl methyl sites for hydroxylation is 4. The summed E-state index contributed by atoms with van der Waals surface area (Å²) >= 11 is 0. The van der Waals surface area contributed by atoms with E-state index in [0.29, 0.717) is 63.2 Å². The Morgan fingerprint density at radius 2 is 0.885 bits per heavy atom. The Labute approximate surface area is 448 Å². The van der Waals surface area contributed by atoms with Gasteiger partial charge in [0.15, 0.2) is 0 Å². The normalized spacial score (nSPS) is 15.9. The van der Waals surface area contributed by atoms with Crippen LogP contribution in [0.5, 0.6) is 0 Å². The Kier molecular flexibility index (Phi) is 13.8. The number of pyridine rings is 2. The third-order valence-electron chi connectivity index (χ3n) is 15.8. The van der Waals surface area contributed by atoms with Crippen LogP contribution in [0, 0.1) is 49.0 Å². The number of benzene rings is 4. The lowest BCUT2D eigenvalue weighted by Gasteiger charge is -2.33. The van der Waals surface area contributed by atoms with Crippen LogP contribution in [0.2, 0.25) is 0 Å². The minimum atomic E-state index is -1.11. The molecule has 0 saturated carbocycles. The van der Waals surface area contributed by atoms with E-state index in [2.05, 4.69) is 20.6 Å². The number of hydrogen-bond acceptors (Lipinski definition) is 10. The second-order valence-electron chi connectivity index (χ2n) is 21.9. The van der Waals surface area contributed by atoms with E-state index in [0.717, 1.165) is 77.8 Å². The molecule has 12 rings (SSSR count). The molecule has 10 aromatic rings. The van der Waals surface area contributed by atoms with Gasteiger partial charge in [-0.15, -0.1) is 10.2 Å². The molecule has 2 saturated heterocycles. The van der Waals surface area contributed by atoms with Crippen LogP contribution >= 0.6 is 0 Å². The maximum Gasteiger partial charge on any atom is 0.131 e. The summed E-state index contributed by atoms with van der Waals surface area (Å²) in [6, 6.07) is 22.2. The summed E-state index contributed by atoms with van der Waals surface area (Å²) < 4.78 is 81.0. The maximum atomic E-state index is 15.6. The average molecular weight is 1060 g/mol. The molecule has 2 unspecified atom stereocenters. The molecular weight excluding hydrogens is 1000 g/mol. The molecule has 2 aliphatic heterocycles. The van der Waals surface area contributed by atoms with Gasteiger partial charge in [0.1, 0.15) is 23.3 Å². The van der Waals surface area contributed by atoms with Gasteiger partial charge < -0.3 is 28.8 Å². The number of fused-ring (bicyclic) bond motifs is 6. The lowest BCUT2D eigenvalue weighted by atomic mass is 9.86. The van der Waals surface area contributed by atoms with Crippen molar-refractivity contribution in [2.45, 2.75) is 90.5 Å². The van der Waals surface area contributed by atoms with Gasteiger partial charge in [-0.05, 0) is 139 Å². The zero-order valence-electron chi connectivity index (χ0n) is 44.9. The van der Waals surface area contributed by atoms with Crippen molar-refractivity contribution in [1.82, 2.24) is 49.1 Å². The average Bonchev–Trinajstić information content (AvgIpc) is 4.21. The molecule has 78 heavy (non-hydrogen) atoms. The van der Waals surface area contributed by atoms with Crippen molar-refractivity contribution in [1.29, 1.82) is 0 Å². The summed E-state index contributed by atoms with van der Waals surface area (Å²) in [5, 5.41) is 40.1. The molecule has 0 aliphatic carbocycles. The molecule has 0 spiro atoms. The molecule has 2 N–H and O–H groups in total. The Balaban J connectivity index is 0.000000165. The Morgan fingerprint density at radius 1 is 0.526 bits per heavy atom. The van der Waals surface area contributed by atoms with E-state index in [1.165, 1.54) is 36.4 Å². The number of aromatic nitrogens is 10. The molecular formula is C60H62F4N10O4. The van der Waals surface area contributed by atoms with Crippen LogP contribution < -0.4 is 0 Å². The highest BCUT2D eigenvalue weighted by Gasteiger charge is 2.37. The minimum Gasteiger partial charge on any atom is -0.386 e. The van der Waals surface area contributed by atoms with Gasteiger partial charge in [0.25, 0.3) is 0 Å². The number of aliphatic hydroxyl groups is 2. The summed E-state index contributed by atoms with van der Waals surface area (Å²) in [4.78, 5) is 9.72. The Bertz CT molecular complexity index is 3560. The van der Waals surface area contributed by atoms with E-state index in [1.54, 1.807) is 49.5 Å². The van der Waals surface area contributed by atoms with Gasteiger partial charge in [0.2, 0.25) is 0 Å². The number of nitrogens with zero attached hydrogens (tertiary/aromatic N) is 10. The van der Waals surface area contributed by atoms with Gasteiger partial charge in [0.05, 0.1) is 79.2 Å². The number of ether oxygens (including phenoxy) is 2. The third kappa shape index (κ3) is 9.41. The first kappa shape index (κ1) is 52.7. The zero-order chi connectivity index (χ0) is 54.9. The molecule has 8 heterocycles. The summed E-state index contributed by atoms with van der Waals surface area (Å²) in [6.07, 6.45) is 6.19. The third-order valence-corrected chi connectivity index (χ3v) is 15.8. The monoisotopic (exact) mass is 1060 g/mol. The van der Waals surface area contributed by atoms with Crippen LogP contribution in [0.4, 0.5) is 17.6 Å². The SMILES string of the molecule is Cc1nnn(C)c1-c1cnc2c3ccc(C(C)(C)O)cc3n(C(c3c(F)cccc3F)C3CCOCC3)c2c1.Cc1nnn(C)c1-c1cnc2c3ccc(C(C)(C)O)cc3n(C(c3c(F)cccc3F)C3CCOCC3)c2c1. The van der Waals surface area contributed by atoms with Gasteiger partial charge in [-0.25, -0.2) is 26.9 Å². The first-order valence-corrected chi connectivity index (χ1v) is 26.4. The van der Waals surface area contributed by atoms with E-state index >= 15 is 17.6 Å². The highest BCUT2D eigenvalue weighted by molar-refractivity contribution is 6.08. The maximum absolute atomic E-state index is 15.6. The van der Waals surface area contributed by atoms with E-state index < -0.39 is 46.6 Å². The summed E-state index contributed by atoms with van der Waals surface area (Å²) in [5.41, 5.74) is 8.44. The molecule has 14 nitrogen and oxygen atoms in total. The van der Waals surface area contributed by atoms with E-state index in [9.17, 15) is 10.2 Å². The number of rotatable bonds is 10. The van der Waals surface area contributed by atoms with Crippen LogP contribution in [0.1, 0.15) is 99.1 Å². The van der Waals surface area contributed by atoms with Gasteiger partial charge in [-0.3, -0.25) is 9.97 Å². The van der Waals surface area contributed by atoms with Gasteiger partial charge in [0, 0.05) is 85.9 Å². The Morgan fingerprint density at radius 3 is 1.21 bits per heavy atom. The number of halogens is 4. The van der Waals surface area contributed by atoms with Crippen LogP contribution in [-0.4, -0.2) is 85.7 Å². The highest BCUT2D eigenvalue weighted by Crippen LogP contribution is 2.46. The molecule has 404 valence electrons. The summed E-state index contributed by atoms with van der Waals surface area (Å²) in [6.45, 7) is 12.8. The van der Waals surface area contributed by atoms with Crippen molar-refractivity contribution >= 4 is 43.9 Å². The van der Waals surface area contributed by atoms with Crippen molar-refractivity contribution < 1.29 is 37.2 Å². The predicted octanol–water partition coefficient (Wildman–Crippen LogP) is 11.6. The van der Waals surface area contributed by atoms with Gasteiger partial charge in [-0.2, -0.15) is 0 Å². The number of hydrogen-bond donors (Lipinski definition) is 2. The Hall–Kier alpha value is -7.38. The quantitative estimate of drug-likeness (QED) is 0.126. The van der Waals surface area contributed by atoms with Crippen molar-refractivity contribution in [2.75, 3.05) is 26.4 Å². The van der Waals surface area contributed by atoms with Crippen molar-refractivity contribution in [3.05, 3.63) is 154 Å². The molecule has 2 aliphatic rings. The topological polar surface area (TPSA) is 156 Å². The standard InChI is InChI=1S/2C30H31F2N5O2/c2*1-17-28(36(4)35-34-17)19-14-25-27(33-16-19)21-9-8-20(30(2,3)38)15-24(21)37(25)29(18-10-12-39-13-11-18)26-22(31)6-5-7-23(26)32/h2*5-9,14-16,18,29,38H,10-13H2,1-4H3. The second-order valence-corrected chi connectivity index (χ2v) is 21.9. The predicted molar refractivity (Wildman–Crippen MR) is 291 cm³/mol. The second kappa shape index (κ2) is 20.4. The minimum absolute atomic E-state index is 0.0284. The fraction of sp³-hybridized carbons (Fsp3) is 0.367. The first-order valence-electron chi connectivity index (χ1n) is 26.4. The largest absolute Gasteiger partial charge is 0.386 e. The lowest BCUT2D eigenvalue weighted by molar-refractivity contribution is 0.0542. The van der Waals surface area contributed by atoms with Crippen LogP contribution in [0.15, 0.2) is 97.3 Å². The molecule has 4 aromatic carbocycles. The molecule has 2 atom stereocenters. The fourth-order valence-corrected chi connectivity index (χ4v) is 11.9. The van der Waals surface area contributed by atoms with E-state index in [-0.39, 0.29) is 23.0 Å². The smallest absolute Gasteiger partial charge is 0.131 e. The zero-order valence-corrected chi connectivity index (χ0v) is 44.9. The van der Waals surface area contributed by atoms with E-state index in [4.69, 9.17) is 19.4 Å². The first-order chi connectivity index (χ1) is 37.3. The van der Waals surface area contributed by atoms with E-state index in [1.807, 2.05) is 85.6 Å². The molecule has 0 amide bonds. The fourth-order valence-electron chi connectivity index (χ4n) is 11.9. The molecule has 18 heteroatoms. The molecule has 0 bridgehead atoms. The molecule has 0 radical (unpaired) electrons. The molecule has 2 fully saturated rings. The van der Waals surface area contributed by atoms with Gasteiger partial charge >= 0.3 is 0 Å². The van der Waals surface area contributed by atoms with Gasteiger partial charge in [-0.1, -0.05) is 46.8 Å². The van der Waals surface area contributed by atoms with Crippen LogP contribution in [0.25, 0.3) is 66.4 Å². The van der Waals surface area contributed by atoms with Crippen molar-refractivity contribution in [3.8, 4) is 22.5 Å². The summed E-state index contributed by atoms with van der Waals surface area (Å²) in [5.74, 6) is -2.52. The molecule has 6 aromatic heterocycles. The van der Waals surface area contributed by atoms with Crippen molar-refractivity contribution in [3.63, 3.8) is 0 Å². The van der Waals surface area contributed by atoms with Crippen molar-refractivity contribution in [2.24, 2.45) is 25.9 Å². The lowest BCUT2D eigenvalue weighted by Crippen LogP contribution is -2.28. The highest BCUT2D eigenvalue weighted by atomic mass is 19.1. The van der Waals surface area contributed by atoms with Crippen LogP contribution in [-0.2, 0) is 34.8 Å².